The molecule has 1 aliphatic heterocycles. The van der Waals surface area contributed by atoms with Crippen LogP contribution >= 0.6 is 0 Å². The van der Waals surface area contributed by atoms with E-state index in [1.165, 1.54) is 82.1 Å². The normalized spacial score (nSPS) is 15.3. The van der Waals surface area contributed by atoms with Crippen LogP contribution in [0.1, 0.15) is 216 Å². The second-order valence-electron chi connectivity index (χ2n) is 32.7. The molecule has 694 valence electrons. The molecule has 3 saturated carbocycles. The van der Waals surface area contributed by atoms with Crippen molar-refractivity contribution in [2.24, 2.45) is 23.5 Å². The van der Waals surface area contributed by atoms with Crippen LogP contribution < -0.4 is 58.1 Å². The van der Waals surface area contributed by atoms with E-state index in [0.29, 0.717) is 227 Å². The van der Waals surface area contributed by atoms with Gasteiger partial charge < -0.3 is 86.5 Å². The SMILES string of the molecule is CCCCNc1nc(NCc2ccc(C(=O)CCCOCCOCCC)cc2)nc(N2CCN(c3ccc([N+](=O)[O-])cc3)CC2)n1.CCCCNc1nc(NCc2ccc(C(=O)CCCOCCOCCC)cc2)nc(NCc2cccc(F)c2)n1.NCCOCCOCCCC(=O)c1ccc(CNc2nc(NCC3CCCCC3)nc(NC3CC4CCC3C4)n2)cc1. The number of fused-ring (bicyclic) bond motifs is 2. The molecular weight excluding hydrogens is 1630 g/mol. The molecule has 12 rings (SSSR count). The first-order valence-electron chi connectivity index (χ1n) is 46.4. The van der Waals surface area contributed by atoms with Gasteiger partial charge in [-0.15, -0.1) is 0 Å². The summed E-state index contributed by atoms with van der Waals surface area (Å²) in [6.45, 7) is 23.1. The lowest BCUT2D eigenvalue weighted by molar-refractivity contribution is -0.384. The third-order valence-electron chi connectivity index (χ3n) is 22.5. The molecule has 32 nitrogen and oxygen atoms in total. The molecule has 0 radical (unpaired) electrons. The summed E-state index contributed by atoms with van der Waals surface area (Å²) >= 11 is 0. The van der Waals surface area contributed by atoms with Gasteiger partial charge in [-0.3, -0.25) is 24.5 Å². The molecule has 0 amide bonds. The molecular formula is C95H136FN21O11. The summed E-state index contributed by atoms with van der Waals surface area (Å²) < 4.78 is 46.2. The average Bonchev–Trinajstić information content (AvgIpc) is 1.63. The fourth-order valence-electron chi connectivity index (χ4n) is 15.4. The molecule has 3 aromatic heterocycles. The lowest BCUT2D eigenvalue weighted by Crippen LogP contribution is -2.47. The molecule has 33 heteroatoms. The number of piperazine rings is 1. The zero-order valence-corrected chi connectivity index (χ0v) is 75.5. The van der Waals surface area contributed by atoms with Crippen molar-refractivity contribution in [3.05, 3.63) is 176 Å². The number of carbonyl (C=O) groups is 3. The number of non-ortho nitro benzene ring substituents is 1. The number of ketones is 3. The predicted molar refractivity (Wildman–Crippen MR) is 502 cm³/mol. The van der Waals surface area contributed by atoms with Gasteiger partial charge >= 0.3 is 0 Å². The zero-order chi connectivity index (χ0) is 90.0. The molecule has 8 aromatic rings. The Labute approximate surface area is 753 Å². The van der Waals surface area contributed by atoms with Crippen molar-refractivity contribution >= 4 is 82.3 Å². The molecule has 4 heterocycles. The van der Waals surface area contributed by atoms with E-state index < -0.39 is 0 Å². The highest BCUT2D eigenvalue weighted by Crippen LogP contribution is 2.45. The van der Waals surface area contributed by atoms with E-state index in [-0.39, 0.29) is 33.8 Å². The molecule has 5 aromatic carbocycles. The number of aromatic nitrogens is 9. The fourth-order valence-corrected chi connectivity index (χ4v) is 15.4. The zero-order valence-electron chi connectivity index (χ0n) is 75.5. The Morgan fingerprint density at radius 1 is 0.430 bits per heavy atom. The van der Waals surface area contributed by atoms with Crippen molar-refractivity contribution in [1.29, 1.82) is 0 Å². The monoisotopic (exact) mass is 1770 g/mol. The number of benzene rings is 5. The van der Waals surface area contributed by atoms with Gasteiger partial charge in [-0.25, -0.2) is 4.39 Å². The highest BCUT2D eigenvalue weighted by molar-refractivity contribution is 5.97. The maximum atomic E-state index is 13.5. The van der Waals surface area contributed by atoms with E-state index in [2.05, 4.69) is 100.0 Å². The molecule has 128 heavy (non-hydrogen) atoms. The van der Waals surface area contributed by atoms with Crippen LogP contribution in [0.2, 0.25) is 0 Å². The van der Waals surface area contributed by atoms with Crippen LogP contribution in [0.5, 0.6) is 0 Å². The van der Waals surface area contributed by atoms with Crippen molar-refractivity contribution in [2.75, 3.05) is 184 Å². The number of halogens is 1. The van der Waals surface area contributed by atoms with Gasteiger partial charge in [0.1, 0.15) is 5.82 Å². The van der Waals surface area contributed by atoms with Gasteiger partial charge in [0.25, 0.3) is 5.69 Å². The molecule has 4 fully saturated rings. The summed E-state index contributed by atoms with van der Waals surface area (Å²) in [6.07, 6.45) is 21.2. The van der Waals surface area contributed by atoms with Crippen LogP contribution in [0, 0.1) is 33.7 Å². The maximum Gasteiger partial charge on any atom is 0.269 e. The Balaban J connectivity index is 0.000000200. The maximum absolute atomic E-state index is 13.5. The second kappa shape index (κ2) is 57.2. The molecule has 1 saturated heterocycles. The van der Waals surface area contributed by atoms with E-state index in [1.807, 2.05) is 78.9 Å². The number of carbonyl (C=O) groups excluding carboxylic acids is 3. The third-order valence-corrected chi connectivity index (χ3v) is 22.5. The molecule has 3 unspecified atom stereocenters. The van der Waals surface area contributed by atoms with Gasteiger partial charge in [0.05, 0.1) is 51.2 Å². The number of hydrogen-bond acceptors (Lipinski definition) is 31. The van der Waals surface area contributed by atoms with Crippen LogP contribution in [0.3, 0.4) is 0 Å². The standard InChI is InChI=1S/C33H46N8O5.C32H49N7O3.C30H41FN6O3/c1-3-5-16-34-31-36-32(35-25-26-8-10-27(11-9-26)30(42)7-6-22-46-24-23-45-21-4-2)38-33(37-31)40-19-17-39(18-20-40)28-12-14-29(15-13-28)41(43)44;33-14-16-42-18-17-41-15-4-7-29(40)26-11-8-24(9-12-26)22-35-31-37-30(34-21-23-5-2-1-3-6-23)38-32(39-31)36-28-20-25-10-13-27(28)19-25;1-3-5-15-32-28-35-29(37-30(36-28)34-22-24-8-6-9-26(31)20-24)33-21-23-11-13-25(14-12-23)27(38)10-7-17-40-19-18-39-16-4-2/h8-15H,3-7,16-25H2,1-2H3,(H2,34,35,36,37,38);8-9,11-12,23,25,27-28H,1-7,10,13-22,33H2,(H3,34,35,36,37,38,39);6,8-9,11-14,20H,3-5,7,10,15-19,21-22H2,1-2H3,(H3,32,33,34,35,36,37). The van der Waals surface area contributed by atoms with Gasteiger partial charge in [-0.1, -0.05) is 151 Å². The first-order valence-corrected chi connectivity index (χ1v) is 46.4. The summed E-state index contributed by atoms with van der Waals surface area (Å²) in [5.74, 6) is 7.02. The molecule has 3 aliphatic carbocycles. The molecule has 2 bridgehead atoms. The van der Waals surface area contributed by atoms with Crippen molar-refractivity contribution in [2.45, 2.75) is 195 Å². The number of unbranched alkanes of at least 4 members (excludes halogenated alkanes) is 2. The van der Waals surface area contributed by atoms with E-state index in [9.17, 15) is 28.9 Å². The van der Waals surface area contributed by atoms with Crippen LogP contribution in [0.25, 0.3) is 0 Å². The van der Waals surface area contributed by atoms with Crippen molar-refractivity contribution in [3.8, 4) is 0 Å². The minimum absolute atomic E-state index is 0.0845. The third kappa shape index (κ3) is 36.4. The molecule has 0 spiro atoms. The first-order chi connectivity index (χ1) is 62.7. The number of nitrogens with two attached hydrogens (primary N) is 1. The minimum atomic E-state index is -0.386. The summed E-state index contributed by atoms with van der Waals surface area (Å²) in [5.41, 5.74) is 12.4. The quantitative estimate of drug-likeness (QED) is 0.00740. The molecule has 10 N–H and O–H groups in total. The molecule has 4 aliphatic rings. The smallest absolute Gasteiger partial charge is 0.269 e. The number of ether oxygens (including phenoxy) is 6. The Morgan fingerprint density at radius 2 is 0.844 bits per heavy atom. The Hall–Kier alpha value is -10.8. The summed E-state index contributed by atoms with van der Waals surface area (Å²) in [5, 5.41) is 37.8. The Kier molecular flexibility index (Phi) is 44.4. The number of nitro groups is 1. The average molecular weight is 1770 g/mol. The summed E-state index contributed by atoms with van der Waals surface area (Å²) in [7, 11) is 0. The first kappa shape index (κ1) is 99.4. The Bertz CT molecular complexity index is 4540. The van der Waals surface area contributed by atoms with Gasteiger partial charge in [-0.2, -0.15) is 44.9 Å². The van der Waals surface area contributed by atoms with E-state index in [1.54, 1.807) is 18.2 Å². The number of Topliss-reactive ketones (excluding diaryl/α,β-unsaturated/α-hetero) is 3. The van der Waals surface area contributed by atoms with E-state index in [0.717, 1.165) is 130 Å². The lowest BCUT2D eigenvalue weighted by Gasteiger charge is -2.36. The van der Waals surface area contributed by atoms with Crippen molar-refractivity contribution < 1.29 is 52.1 Å². The lowest BCUT2D eigenvalue weighted by atomic mass is 9.89. The topological polar surface area (TPSA) is 394 Å². The van der Waals surface area contributed by atoms with Crippen LogP contribution in [0.4, 0.5) is 69.3 Å². The minimum Gasteiger partial charge on any atom is -0.379 e. The predicted octanol–water partition coefficient (Wildman–Crippen LogP) is 16.2. The number of nitrogens with zero attached hydrogens (tertiary/aromatic N) is 12. The largest absolute Gasteiger partial charge is 0.379 e. The number of rotatable bonds is 58. The van der Waals surface area contributed by atoms with Gasteiger partial charge in [-0.05, 0) is 141 Å². The van der Waals surface area contributed by atoms with Gasteiger partial charge in [0.2, 0.25) is 53.5 Å². The van der Waals surface area contributed by atoms with Crippen LogP contribution in [-0.2, 0) is 54.6 Å². The van der Waals surface area contributed by atoms with E-state index in [4.69, 9.17) is 59.1 Å². The second-order valence-corrected chi connectivity index (χ2v) is 32.7. The number of nitrogens with one attached hydrogen (secondary N) is 8. The van der Waals surface area contributed by atoms with Crippen LogP contribution in [0.15, 0.2) is 121 Å². The Morgan fingerprint density at radius 3 is 1.27 bits per heavy atom. The molecule has 3 atom stereocenters. The van der Waals surface area contributed by atoms with Gasteiger partial charge in [0.15, 0.2) is 17.3 Å². The number of nitro benzene ring substituents is 1. The van der Waals surface area contributed by atoms with Gasteiger partial charge in [0, 0.05) is 171 Å². The summed E-state index contributed by atoms with van der Waals surface area (Å²) in [6, 6.07) is 36.4. The number of anilines is 10. The van der Waals surface area contributed by atoms with Crippen molar-refractivity contribution in [1.82, 2.24) is 44.9 Å². The highest BCUT2D eigenvalue weighted by Gasteiger charge is 2.40. The highest BCUT2D eigenvalue weighted by atomic mass is 19.1. The van der Waals surface area contributed by atoms with Crippen molar-refractivity contribution in [3.63, 3.8) is 0 Å². The van der Waals surface area contributed by atoms with Crippen LogP contribution in [-0.4, -0.2) is 205 Å². The summed E-state index contributed by atoms with van der Waals surface area (Å²) in [4.78, 5) is 94.4. The fraction of sp³-hybridized carbons (Fsp3) is 0.558. The number of hydrogen-bond donors (Lipinski definition) is 9. The van der Waals surface area contributed by atoms with E-state index >= 15 is 0 Å².